The monoisotopic (exact) mass is 534 g/mol. The molecule has 12 heteroatoms. The first-order chi connectivity index (χ1) is 16.9. The van der Waals surface area contributed by atoms with Crippen molar-refractivity contribution < 1.29 is 27.1 Å². The van der Waals surface area contributed by atoms with E-state index in [-0.39, 0.29) is 15.7 Å². The van der Waals surface area contributed by atoms with Crippen LogP contribution in [0.2, 0.25) is 5.15 Å². The number of esters is 1. The summed E-state index contributed by atoms with van der Waals surface area (Å²) >= 11 is 6.38. The van der Waals surface area contributed by atoms with Crippen molar-refractivity contribution in [3.8, 4) is 5.69 Å². The van der Waals surface area contributed by atoms with E-state index >= 15 is 0 Å². The molecule has 0 aliphatic heterocycles. The molecule has 9 nitrogen and oxygen atoms in total. The maximum Gasteiger partial charge on any atom is 0.331 e. The molecule has 0 bridgehead atoms. The second-order valence-corrected chi connectivity index (χ2v) is 10.4. The lowest BCUT2D eigenvalue weighted by molar-refractivity contribution is -0.142. The highest BCUT2D eigenvalue weighted by Crippen LogP contribution is 2.25. The largest absolute Gasteiger partial charge is 0.452 e. The van der Waals surface area contributed by atoms with Crippen molar-refractivity contribution in [3.63, 3.8) is 0 Å². The zero-order valence-electron chi connectivity index (χ0n) is 20.0. The zero-order chi connectivity index (χ0) is 26.6. The van der Waals surface area contributed by atoms with Gasteiger partial charge in [0, 0.05) is 31.4 Å². The molecule has 0 spiro atoms. The van der Waals surface area contributed by atoms with Gasteiger partial charge in [-0.15, -0.1) is 0 Å². The van der Waals surface area contributed by atoms with Crippen LogP contribution >= 0.6 is 11.6 Å². The Kier molecular flexibility index (Phi) is 8.28. The number of amides is 1. The van der Waals surface area contributed by atoms with Crippen molar-refractivity contribution in [1.29, 1.82) is 0 Å². The van der Waals surface area contributed by atoms with Crippen LogP contribution in [-0.4, -0.2) is 55.1 Å². The summed E-state index contributed by atoms with van der Waals surface area (Å²) < 4.78 is 45.3. The molecule has 0 atom stereocenters. The Morgan fingerprint density at radius 3 is 2.47 bits per heavy atom. The minimum Gasteiger partial charge on any atom is -0.452 e. The molecule has 1 amide bonds. The second-order valence-electron chi connectivity index (χ2n) is 7.93. The Hall–Kier alpha value is -3.54. The molecule has 3 aromatic rings. The maximum atomic E-state index is 13.2. The third-order valence-electron chi connectivity index (χ3n) is 5.11. The van der Waals surface area contributed by atoms with Gasteiger partial charge in [-0.1, -0.05) is 17.7 Å². The van der Waals surface area contributed by atoms with Crippen LogP contribution in [0, 0.1) is 19.7 Å². The lowest BCUT2D eigenvalue weighted by Crippen LogP contribution is -2.23. The molecular weight excluding hydrogens is 511 g/mol. The molecule has 0 saturated heterocycles. The highest BCUT2D eigenvalue weighted by Gasteiger charge is 2.19. The number of aryl methyl sites for hydroxylation is 2. The molecule has 0 saturated carbocycles. The summed E-state index contributed by atoms with van der Waals surface area (Å²) in [6, 6.07) is 9.94. The first-order valence-corrected chi connectivity index (χ1v) is 12.4. The molecule has 0 aliphatic carbocycles. The fourth-order valence-corrected chi connectivity index (χ4v) is 4.35. The summed E-state index contributed by atoms with van der Waals surface area (Å²) in [6.45, 7) is 2.81. The first kappa shape index (κ1) is 27.1. The summed E-state index contributed by atoms with van der Waals surface area (Å²) in [6.07, 6.45) is 2.51. The summed E-state index contributed by atoms with van der Waals surface area (Å²) in [7, 11) is -0.872. The van der Waals surface area contributed by atoms with E-state index in [9.17, 15) is 22.4 Å². The van der Waals surface area contributed by atoms with Crippen LogP contribution in [0.15, 0.2) is 53.4 Å². The molecule has 0 aliphatic rings. The number of nitrogens with one attached hydrogen (secondary N) is 1. The van der Waals surface area contributed by atoms with Crippen LogP contribution in [-0.2, 0) is 24.3 Å². The number of hydrogen-bond donors (Lipinski definition) is 1. The standard InChI is InChI=1S/C24H24ClFN4O5S/c1-15-5-10-19(36(33,34)29(3)4)13-21(15)27-22(31)14-35-23(32)12-11-20-16(2)28-30(24(20)25)18-8-6-17(26)7-9-18/h5-13H,14H2,1-4H3,(H,27,31)/b12-11+. The van der Waals surface area contributed by atoms with E-state index in [1.165, 1.54) is 61.3 Å². The third-order valence-corrected chi connectivity index (χ3v) is 7.29. The van der Waals surface area contributed by atoms with Crippen LogP contribution in [0.5, 0.6) is 0 Å². The van der Waals surface area contributed by atoms with E-state index in [0.29, 0.717) is 22.5 Å². The molecule has 1 aromatic heterocycles. The fourth-order valence-electron chi connectivity index (χ4n) is 3.08. The van der Waals surface area contributed by atoms with Crippen molar-refractivity contribution in [2.45, 2.75) is 18.7 Å². The lowest BCUT2D eigenvalue weighted by atomic mass is 10.2. The van der Waals surface area contributed by atoms with E-state index in [0.717, 1.165) is 10.4 Å². The molecule has 0 fully saturated rings. The number of nitrogens with zero attached hydrogens (tertiary/aromatic N) is 3. The molecule has 190 valence electrons. The molecule has 1 heterocycles. The summed E-state index contributed by atoms with van der Waals surface area (Å²) in [5.41, 5.74) is 2.44. The third kappa shape index (κ3) is 6.17. The maximum absolute atomic E-state index is 13.2. The minimum atomic E-state index is -3.68. The normalized spacial score (nSPS) is 11.8. The van der Waals surface area contributed by atoms with Crippen LogP contribution in [0.3, 0.4) is 0 Å². The smallest absolute Gasteiger partial charge is 0.331 e. The van der Waals surface area contributed by atoms with Gasteiger partial charge in [-0.05, 0) is 61.9 Å². The number of ether oxygens (including phenoxy) is 1. The van der Waals surface area contributed by atoms with Gasteiger partial charge in [-0.2, -0.15) is 5.10 Å². The number of aromatic nitrogens is 2. The van der Waals surface area contributed by atoms with Crippen molar-refractivity contribution in [3.05, 3.63) is 76.3 Å². The lowest BCUT2D eigenvalue weighted by Gasteiger charge is -2.14. The van der Waals surface area contributed by atoms with Crippen LogP contribution in [0.25, 0.3) is 11.8 Å². The van der Waals surface area contributed by atoms with Gasteiger partial charge in [0.1, 0.15) is 11.0 Å². The van der Waals surface area contributed by atoms with Crippen molar-refractivity contribution in [2.75, 3.05) is 26.0 Å². The van der Waals surface area contributed by atoms with Gasteiger partial charge < -0.3 is 10.1 Å². The highest BCUT2D eigenvalue weighted by molar-refractivity contribution is 7.89. The number of hydrogen-bond acceptors (Lipinski definition) is 6. The molecule has 1 N–H and O–H groups in total. The van der Waals surface area contributed by atoms with Crippen molar-refractivity contribution in [1.82, 2.24) is 14.1 Å². The Balaban J connectivity index is 1.64. The highest BCUT2D eigenvalue weighted by atomic mass is 35.5. The second kappa shape index (κ2) is 11.0. The fraction of sp³-hybridized carbons (Fsp3) is 0.208. The quantitative estimate of drug-likeness (QED) is 0.348. The SMILES string of the molecule is Cc1ccc(S(=O)(=O)N(C)C)cc1NC(=O)COC(=O)/C=C/c1c(C)nn(-c2ccc(F)cc2)c1Cl. The number of anilines is 1. The minimum absolute atomic E-state index is 0.0155. The number of carbonyl (C=O) groups excluding carboxylic acids is 2. The molecule has 0 radical (unpaired) electrons. The number of halogens is 2. The van der Waals surface area contributed by atoms with Crippen molar-refractivity contribution in [2.24, 2.45) is 0 Å². The summed E-state index contributed by atoms with van der Waals surface area (Å²) in [5, 5.41) is 7.06. The summed E-state index contributed by atoms with van der Waals surface area (Å²) in [5.74, 6) is -1.83. The number of benzene rings is 2. The molecule has 36 heavy (non-hydrogen) atoms. The predicted molar refractivity (Wildman–Crippen MR) is 134 cm³/mol. The van der Waals surface area contributed by atoms with Crippen LogP contribution in [0.4, 0.5) is 10.1 Å². The van der Waals surface area contributed by atoms with Crippen LogP contribution in [0.1, 0.15) is 16.8 Å². The Labute approximate surface area is 213 Å². The number of rotatable bonds is 8. The molecule has 0 unspecified atom stereocenters. The molecule has 2 aromatic carbocycles. The van der Waals surface area contributed by atoms with Gasteiger partial charge in [-0.25, -0.2) is 26.6 Å². The number of sulfonamides is 1. The van der Waals surface area contributed by atoms with E-state index in [1.54, 1.807) is 19.9 Å². The van der Waals surface area contributed by atoms with Gasteiger partial charge >= 0.3 is 5.97 Å². The van der Waals surface area contributed by atoms with E-state index in [2.05, 4.69) is 10.4 Å². The summed E-state index contributed by atoms with van der Waals surface area (Å²) in [4.78, 5) is 24.5. The predicted octanol–water partition coefficient (Wildman–Crippen LogP) is 3.73. The average molecular weight is 535 g/mol. The van der Waals surface area contributed by atoms with E-state index in [1.807, 2.05) is 0 Å². The first-order valence-electron chi connectivity index (χ1n) is 10.6. The van der Waals surface area contributed by atoms with Gasteiger partial charge in [0.15, 0.2) is 6.61 Å². The van der Waals surface area contributed by atoms with Gasteiger partial charge in [0.25, 0.3) is 5.91 Å². The van der Waals surface area contributed by atoms with E-state index < -0.39 is 34.3 Å². The molecular formula is C24H24ClFN4O5S. The van der Waals surface area contributed by atoms with E-state index in [4.69, 9.17) is 16.3 Å². The topological polar surface area (TPSA) is 111 Å². The Morgan fingerprint density at radius 1 is 1.17 bits per heavy atom. The van der Waals surface area contributed by atoms with Gasteiger partial charge in [-0.3, -0.25) is 4.79 Å². The van der Waals surface area contributed by atoms with Crippen LogP contribution < -0.4 is 5.32 Å². The average Bonchev–Trinajstić information content (AvgIpc) is 3.11. The Bertz CT molecular complexity index is 1430. The zero-order valence-corrected chi connectivity index (χ0v) is 21.5. The van der Waals surface area contributed by atoms with Gasteiger partial charge in [0.05, 0.1) is 16.3 Å². The van der Waals surface area contributed by atoms with Gasteiger partial charge in [0.2, 0.25) is 10.0 Å². The number of carbonyl (C=O) groups is 2. The Morgan fingerprint density at radius 2 is 1.83 bits per heavy atom. The molecule has 3 rings (SSSR count). The van der Waals surface area contributed by atoms with Crippen molar-refractivity contribution >= 4 is 45.3 Å².